The third-order valence-electron chi connectivity index (χ3n) is 2.48. The van der Waals surface area contributed by atoms with Gasteiger partial charge in [0.25, 0.3) is 0 Å². The van der Waals surface area contributed by atoms with Gasteiger partial charge in [0, 0.05) is 11.6 Å². The van der Waals surface area contributed by atoms with Crippen molar-refractivity contribution in [2.24, 2.45) is 0 Å². The molecule has 0 unspecified atom stereocenters. The highest BCUT2D eigenvalue weighted by atomic mass is 35.5. The zero-order valence-corrected chi connectivity index (χ0v) is 11.1. The van der Waals surface area contributed by atoms with Crippen molar-refractivity contribution in [1.29, 1.82) is 0 Å². The molecular formula is C11H7Cl2N3S. The summed E-state index contributed by atoms with van der Waals surface area (Å²) in [6.07, 6.45) is 0. The molecule has 86 valence electrons. The van der Waals surface area contributed by atoms with Gasteiger partial charge in [0.2, 0.25) is 0 Å². The van der Waals surface area contributed by atoms with Crippen molar-refractivity contribution in [3.05, 3.63) is 39.4 Å². The Morgan fingerprint density at radius 1 is 1.35 bits per heavy atom. The molecule has 0 atom stereocenters. The highest BCUT2D eigenvalue weighted by Crippen LogP contribution is 2.28. The van der Waals surface area contributed by atoms with E-state index in [1.54, 1.807) is 15.9 Å². The molecule has 0 aliphatic heterocycles. The Balaban J connectivity index is 2.30. The molecule has 0 aromatic carbocycles. The third-order valence-corrected chi connectivity index (χ3v) is 4.19. The van der Waals surface area contributed by atoms with E-state index in [2.05, 4.69) is 10.1 Å². The van der Waals surface area contributed by atoms with Gasteiger partial charge in [-0.1, -0.05) is 29.3 Å². The minimum Gasteiger partial charge on any atom is -0.216 e. The second-order valence-electron chi connectivity index (χ2n) is 3.60. The molecule has 3 aromatic heterocycles. The van der Waals surface area contributed by atoms with Crippen LogP contribution in [-0.2, 0) is 0 Å². The number of fused-ring (bicyclic) bond motifs is 1. The van der Waals surface area contributed by atoms with E-state index in [1.165, 1.54) is 0 Å². The number of rotatable bonds is 1. The molecule has 0 aliphatic carbocycles. The Morgan fingerprint density at radius 3 is 2.88 bits per heavy atom. The van der Waals surface area contributed by atoms with Gasteiger partial charge in [-0.3, -0.25) is 0 Å². The van der Waals surface area contributed by atoms with Crippen molar-refractivity contribution in [3.63, 3.8) is 0 Å². The van der Waals surface area contributed by atoms with Crippen LogP contribution in [0.5, 0.6) is 0 Å². The number of hydrogen-bond donors (Lipinski definition) is 0. The minimum absolute atomic E-state index is 0.417. The molecule has 3 heterocycles. The summed E-state index contributed by atoms with van der Waals surface area (Å²) in [7, 11) is 0. The summed E-state index contributed by atoms with van der Waals surface area (Å²) < 4.78 is 1.61. The minimum atomic E-state index is 0.417. The van der Waals surface area contributed by atoms with E-state index >= 15 is 0 Å². The quantitative estimate of drug-likeness (QED) is 0.630. The molecule has 0 saturated carbocycles. The highest BCUT2D eigenvalue weighted by molar-refractivity contribution is 7.13. The number of thiophene rings is 1. The molecule has 3 aromatic rings. The van der Waals surface area contributed by atoms with Crippen LogP contribution in [0.15, 0.2) is 23.6 Å². The first-order chi connectivity index (χ1) is 8.16. The summed E-state index contributed by atoms with van der Waals surface area (Å²) in [5, 5.41) is 7.36. The molecule has 0 N–H and O–H groups in total. The van der Waals surface area contributed by atoms with E-state index in [1.807, 2.05) is 30.5 Å². The first kappa shape index (κ1) is 11.0. The maximum atomic E-state index is 6.19. The van der Waals surface area contributed by atoms with Crippen LogP contribution in [0, 0.1) is 6.92 Å². The molecule has 17 heavy (non-hydrogen) atoms. The monoisotopic (exact) mass is 283 g/mol. The zero-order valence-electron chi connectivity index (χ0n) is 8.82. The lowest BCUT2D eigenvalue weighted by Gasteiger charge is -2.01. The number of halogens is 2. The standard InChI is InChI=1S/C11H7Cl2N3S/c1-6-10(12)14-9-5-7(8-3-2-4-17-8)15-16(9)11(6)13/h2-5H,1H3. The van der Waals surface area contributed by atoms with Gasteiger partial charge in [0.15, 0.2) is 5.65 Å². The van der Waals surface area contributed by atoms with Gasteiger partial charge < -0.3 is 0 Å². The van der Waals surface area contributed by atoms with Crippen molar-refractivity contribution in [2.45, 2.75) is 6.92 Å². The molecule has 3 rings (SSSR count). The fraction of sp³-hybridized carbons (Fsp3) is 0.0909. The number of nitrogens with zero attached hydrogens (tertiary/aromatic N) is 3. The Bertz CT molecular complexity index is 688. The topological polar surface area (TPSA) is 30.2 Å². The molecular weight excluding hydrogens is 277 g/mol. The maximum Gasteiger partial charge on any atom is 0.159 e. The van der Waals surface area contributed by atoms with Crippen molar-refractivity contribution in [2.75, 3.05) is 0 Å². The number of aromatic nitrogens is 3. The summed E-state index contributed by atoms with van der Waals surface area (Å²) >= 11 is 13.8. The molecule has 0 bridgehead atoms. The second kappa shape index (κ2) is 3.98. The highest BCUT2D eigenvalue weighted by Gasteiger charge is 2.12. The SMILES string of the molecule is Cc1c(Cl)nc2cc(-c3cccs3)nn2c1Cl. The van der Waals surface area contributed by atoms with E-state index in [0.717, 1.165) is 16.1 Å². The first-order valence-electron chi connectivity index (χ1n) is 4.92. The van der Waals surface area contributed by atoms with Gasteiger partial charge >= 0.3 is 0 Å². The molecule has 0 amide bonds. The normalized spacial score (nSPS) is 11.2. The van der Waals surface area contributed by atoms with Crippen LogP contribution in [0.25, 0.3) is 16.2 Å². The maximum absolute atomic E-state index is 6.19. The summed E-state index contributed by atoms with van der Waals surface area (Å²) in [6.45, 7) is 1.82. The largest absolute Gasteiger partial charge is 0.216 e. The lowest BCUT2D eigenvalue weighted by atomic mass is 10.3. The Labute approximate surface area is 112 Å². The van der Waals surface area contributed by atoms with Crippen LogP contribution in [0.4, 0.5) is 0 Å². The van der Waals surface area contributed by atoms with Gasteiger partial charge in [-0.05, 0) is 18.4 Å². The molecule has 0 aliphatic rings. The van der Waals surface area contributed by atoms with Crippen molar-refractivity contribution >= 4 is 40.2 Å². The van der Waals surface area contributed by atoms with Gasteiger partial charge in [0.05, 0.1) is 4.88 Å². The van der Waals surface area contributed by atoms with E-state index < -0.39 is 0 Å². The van der Waals surface area contributed by atoms with E-state index in [0.29, 0.717) is 16.0 Å². The smallest absolute Gasteiger partial charge is 0.159 e. The molecule has 0 spiro atoms. The molecule has 3 nitrogen and oxygen atoms in total. The summed E-state index contributed by atoms with van der Waals surface area (Å²) in [4.78, 5) is 5.34. The van der Waals surface area contributed by atoms with Gasteiger partial charge in [-0.25, -0.2) is 9.50 Å². The van der Waals surface area contributed by atoms with E-state index in [9.17, 15) is 0 Å². The average molecular weight is 284 g/mol. The Kier molecular flexibility index (Phi) is 2.58. The molecule has 0 radical (unpaired) electrons. The van der Waals surface area contributed by atoms with E-state index in [-0.39, 0.29) is 0 Å². The summed E-state index contributed by atoms with van der Waals surface area (Å²) in [6, 6.07) is 5.87. The third kappa shape index (κ3) is 1.73. The van der Waals surface area contributed by atoms with E-state index in [4.69, 9.17) is 23.2 Å². The summed E-state index contributed by atoms with van der Waals surface area (Å²) in [5.74, 6) is 0. The van der Waals surface area contributed by atoms with Gasteiger partial charge in [-0.2, -0.15) is 5.10 Å². The molecule has 6 heteroatoms. The predicted molar refractivity (Wildman–Crippen MR) is 71.1 cm³/mol. The van der Waals surface area contributed by atoms with Crippen molar-refractivity contribution < 1.29 is 0 Å². The van der Waals surface area contributed by atoms with Crippen LogP contribution < -0.4 is 0 Å². The van der Waals surface area contributed by atoms with Crippen LogP contribution in [-0.4, -0.2) is 14.6 Å². The zero-order chi connectivity index (χ0) is 12.0. The predicted octanol–water partition coefficient (Wildman–Crippen LogP) is 4.07. The van der Waals surface area contributed by atoms with Gasteiger partial charge in [-0.15, -0.1) is 11.3 Å². The molecule has 0 saturated heterocycles. The molecule has 0 fully saturated rings. The van der Waals surface area contributed by atoms with Crippen LogP contribution in [0.1, 0.15) is 5.56 Å². The lowest BCUT2D eigenvalue weighted by molar-refractivity contribution is 0.933. The second-order valence-corrected chi connectivity index (χ2v) is 5.26. The van der Waals surface area contributed by atoms with Gasteiger partial charge in [0.1, 0.15) is 16.0 Å². The number of hydrogen-bond acceptors (Lipinski definition) is 3. The van der Waals surface area contributed by atoms with Crippen molar-refractivity contribution in [1.82, 2.24) is 14.6 Å². The first-order valence-corrected chi connectivity index (χ1v) is 6.55. The Hall–Kier alpha value is -1.10. The van der Waals surface area contributed by atoms with Crippen LogP contribution in [0.3, 0.4) is 0 Å². The fourth-order valence-electron chi connectivity index (χ4n) is 1.57. The fourth-order valence-corrected chi connectivity index (χ4v) is 2.69. The summed E-state index contributed by atoms with van der Waals surface area (Å²) in [5.41, 5.74) is 2.26. The lowest BCUT2D eigenvalue weighted by Crippen LogP contribution is -1.96. The van der Waals surface area contributed by atoms with Crippen molar-refractivity contribution in [3.8, 4) is 10.6 Å². The average Bonchev–Trinajstić information content (AvgIpc) is 2.93. The van der Waals surface area contributed by atoms with Crippen LogP contribution in [0.2, 0.25) is 10.3 Å². The van der Waals surface area contributed by atoms with Crippen LogP contribution >= 0.6 is 34.5 Å². The Morgan fingerprint density at radius 2 is 2.18 bits per heavy atom.